The Labute approximate surface area is 118 Å². The van der Waals surface area contributed by atoms with E-state index in [0.29, 0.717) is 5.01 Å². The fraction of sp³-hybridized carbons (Fsp3) is 0.308. The van der Waals surface area contributed by atoms with Gasteiger partial charge in [0.25, 0.3) is 0 Å². The van der Waals surface area contributed by atoms with E-state index in [1.165, 1.54) is 40.9 Å². The summed E-state index contributed by atoms with van der Waals surface area (Å²) >= 11 is 2.90. The number of hydrogen-bond acceptors (Lipinski definition) is 5. The average Bonchev–Trinajstić information content (AvgIpc) is 3.02. The van der Waals surface area contributed by atoms with E-state index in [2.05, 4.69) is 9.97 Å². The van der Waals surface area contributed by atoms with Crippen molar-refractivity contribution >= 4 is 40.8 Å². The average molecular weight is 292 g/mol. The maximum Gasteiger partial charge on any atom is 0.347 e. The summed E-state index contributed by atoms with van der Waals surface area (Å²) in [6.07, 6.45) is 9.86. The number of carboxylic acid groups (broad SMARTS) is 1. The van der Waals surface area contributed by atoms with Crippen LogP contribution in [0.15, 0.2) is 6.20 Å². The fourth-order valence-electron chi connectivity index (χ4n) is 2.05. The molecule has 4 nitrogen and oxygen atoms in total. The lowest BCUT2D eigenvalue weighted by Gasteiger charge is -2.06. The molecule has 1 aliphatic carbocycles. The number of nitrogens with zero attached hydrogens (tertiary/aromatic N) is 2. The van der Waals surface area contributed by atoms with Gasteiger partial charge in [-0.2, -0.15) is 0 Å². The molecule has 0 fully saturated rings. The molecule has 2 heterocycles. The minimum atomic E-state index is -0.929. The van der Waals surface area contributed by atoms with E-state index >= 15 is 0 Å². The van der Waals surface area contributed by atoms with Gasteiger partial charge in [-0.1, -0.05) is 0 Å². The predicted octanol–water partition coefficient (Wildman–Crippen LogP) is 3.35. The van der Waals surface area contributed by atoms with Crippen molar-refractivity contribution in [1.29, 1.82) is 0 Å². The molecule has 0 bridgehead atoms. The van der Waals surface area contributed by atoms with E-state index in [1.54, 1.807) is 11.3 Å². The largest absolute Gasteiger partial charge is 0.477 e. The second-order valence-corrected chi connectivity index (χ2v) is 6.51. The number of aromatic nitrogens is 2. The first kappa shape index (κ1) is 12.5. The summed E-state index contributed by atoms with van der Waals surface area (Å²) in [6.45, 7) is 0. The summed E-state index contributed by atoms with van der Waals surface area (Å²) in [6, 6.07) is 0. The zero-order chi connectivity index (χ0) is 13.2. The van der Waals surface area contributed by atoms with Crippen LogP contribution in [0.4, 0.5) is 0 Å². The molecule has 0 saturated carbocycles. The number of carbonyl (C=O) groups is 1. The number of aryl methyl sites for hydroxylation is 2. The van der Waals surface area contributed by atoms with E-state index in [1.807, 2.05) is 12.2 Å². The van der Waals surface area contributed by atoms with Crippen molar-refractivity contribution in [1.82, 2.24) is 9.97 Å². The zero-order valence-corrected chi connectivity index (χ0v) is 11.8. The molecule has 19 heavy (non-hydrogen) atoms. The van der Waals surface area contributed by atoms with Gasteiger partial charge in [-0.25, -0.2) is 14.8 Å². The Bertz CT molecular complexity index is 619. The molecular formula is C13H12N2O2S2. The highest BCUT2D eigenvalue weighted by atomic mass is 32.1. The quantitative estimate of drug-likeness (QED) is 0.942. The third-order valence-corrected chi connectivity index (χ3v) is 5.04. The van der Waals surface area contributed by atoms with Crippen LogP contribution in [0.3, 0.4) is 0 Å². The molecule has 0 radical (unpaired) electrons. The van der Waals surface area contributed by atoms with Gasteiger partial charge in [-0.3, -0.25) is 0 Å². The number of carboxylic acids is 1. The fourth-order valence-corrected chi connectivity index (χ4v) is 3.77. The Morgan fingerprint density at radius 1 is 1.21 bits per heavy atom. The minimum Gasteiger partial charge on any atom is -0.477 e. The number of fused-ring (bicyclic) bond motifs is 1. The first-order chi connectivity index (χ1) is 9.22. The smallest absolute Gasteiger partial charge is 0.347 e. The molecule has 0 saturated heterocycles. The van der Waals surface area contributed by atoms with Crippen LogP contribution >= 0.6 is 22.7 Å². The lowest BCUT2D eigenvalue weighted by atomic mass is 10.0. The Hall–Kier alpha value is -1.53. The van der Waals surface area contributed by atoms with E-state index in [9.17, 15) is 4.79 Å². The van der Waals surface area contributed by atoms with Crippen LogP contribution in [-0.4, -0.2) is 21.0 Å². The van der Waals surface area contributed by atoms with Crippen molar-refractivity contribution in [2.24, 2.45) is 0 Å². The normalized spacial score (nSPS) is 14.7. The highest BCUT2D eigenvalue weighted by Crippen LogP contribution is 2.27. The van der Waals surface area contributed by atoms with Crippen molar-refractivity contribution in [3.63, 3.8) is 0 Å². The molecule has 2 aromatic rings. The summed E-state index contributed by atoms with van der Waals surface area (Å²) in [5, 5.41) is 10.5. The summed E-state index contributed by atoms with van der Waals surface area (Å²) < 4.78 is 0. The van der Waals surface area contributed by atoms with E-state index < -0.39 is 5.97 Å². The van der Waals surface area contributed by atoms with Gasteiger partial charge in [0.05, 0.1) is 11.9 Å². The summed E-state index contributed by atoms with van der Waals surface area (Å²) in [7, 11) is 0. The molecule has 0 aliphatic heterocycles. The SMILES string of the molecule is O=C(O)c1cnc(C=Cc2nc3c(s2)CCCC3)s1. The van der Waals surface area contributed by atoms with Crippen LogP contribution in [0.5, 0.6) is 0 Å². The van der Waals surface area contributed by atoms with Gasteiger partial charge < -0.3 is 5.11 Å². The van der Waals surface area contributed by atoms with Gasteiger partial charge >= 0.3 is 5.97 Å². The Morgan fingerprint density at radius 2 is 2.00 bits per heavy atom. The van der Waals surface area contributed by atoms with E-state index in [4.69, 9.17) is 5.11 Å². The molecule has 0 atom stereocenters. The molecule has 3 rings (SSSR count). The van der Waals surface area contributed by atoms with Crippen LogP contribution in [0, 0.1) is 0 Å². The maximum absolute atomic E-state index is 10.8. The first-order valence-electron chi connectivity index (χ1n) is 6.08. The van der Waals surface area contributed by atoms with Crippen molar-refractivity contribution in [2.75, 3.05) is 0 Å². The Kier molecular flexibility index (Phi) is 3.44. The molecule has 0 amide bonds. The second-order valence-electron chi connectivity index (χ2n) is 4.33. The van der Waals surface area contributed by atoms with Gasteiger partial charge in [0.15, 0.2) is 0 Å². The van der Waals surface area contributed by atoms with Crippen LogP contribution in [0.2, 0.25) is 0 Å². The third-order valence-electron chi connectivity index (χ3n) is 2.97. The van der Waals surface area contributed by atoms with Crippen molar-refractivity contribution < 1.29 is 9.90 Å². The second kappa shape index (κ2) is 5.22. The molecule has 0 unspecified atom stereocenters. The van der Waals surface area contributed by atoms with Crippen molar-refractivity contribution in [3.8, 4) is 0 Å². The van der Waals surface area contributed by atoms with E-state index in [-0.39, 0.29) is 4.88 Å². The summed E-state index contributed by atoms with van der Waals surface area (Å²) in [5.74, 6) is -0.929. The molecule has 0 aromatic carbocycles. The molecule has 1 aliphatic rings. The Morgan fingerprint density at radius 3 is 2.74 bits per heavy atom. The lowest BCUT2D eigenvalue weighted by molar-refractivity contribution is 0.0702. The lowest BCUT2D eigenvalue weighted by Crippen LogP contribution is -1.98. The standard InChI is InChI=1S/C13H12N2O2S2/c16-13(17)10-7-14-11(19-10)5-6-12-15-8-3-1-2-4-9(8)18-12/h5-7H,1-4H2,(H,16,17). The van der Waals surface area contributed by atoms with Gasteiger partial charge in [0, 0.05) is 4.88 Å². The zero-order valence-electron chi connectivity index (χ0n) is 10.1. The molecule has 1 N–H and O–H groups in total. The van der Waals surface area contributed by atoms with E-state index in [0.717, 1.165) is 17.8 Å². The number of rotatable bonds is 3. The van der Waals surface area contributed by atoms with Crippen molar-refractivity contribution in [3.05, 3.63) is 31.7 Å². The number of aromatic carboxylic acids is 1. The number of hydrogen-bond donors (Lipinski definition) is 1. The summed E-state index contributed by atoms with van der Waals surface area (Å²) in [4.78, 5) is 21.1. The van der Waals surface area contributed by atoms with Crippen molar-refractivity contribution in [2.45, 2.75) is 25.7 Å². The van der Waals surface area contributed by atoms with Crippen LogP contribution in [-0.2, 0) is 12.8 Å². The summed E-state index contributed by atoms with van der Waals surface area (Å²) in [5.41, 5.74) is 1.24. The topological polar surface area (TPSA) is 63.1 Å². The maximum atomic E-state index is 10.8. The van der Waals surface area contributed by atoms with Gasteiger partial charge in [0.2, 0.25) is 0 Å². The minimum absolute atomic E-state index is 0.262. The highest BCUT2D eigenvalue weighted by molar-refractivity contribution is 7.14. The first-order valence-corrected chi connectivity index (χ1v) is 7.71. The molecular weight excluding hydrogens is 280 g/mol. The third kappa shape index (κ3) is 2.74. The van der Waals surface area contributed by atoms with Gasteiger partial charge in [0.1, 0.15) is 14.9 Å². The van der Waals surface area contributed by atoms with Crippen LogP contribution in [0.25, 0.3) is 12.2 Å². The molecule has 0 spiro atoms. The Balaban J connectivity index is 1.78. The highest BCUT2D eigenvalue weighted by Gasteiger charge is 2.13. The van der Waals surface area contributed by atoms with Gasteiger partial charge in [-0.15, -0.1) is 22.7 Å². The number of thiazole rings is 2. The van der Waals surface area contributed by atoms with Crippen LogP contribution < -0.4 is 0 Å². The monoisotopic (exact) mass is 292 g/mol. The molecule has 2 aromatic heterocycles. The molecule has 98 valence electrons. The van der Waals surface area contributed by atoms with Gasteiger partial charge in [-0.05, 0) is 37.8 Å². The molecule has 6 heteroatoms. The van der Waals surface area contributed by atoms with Crippen LogP contribution in [0.1, 0.15) is 43.1 Å². The predicted molar refractivity (Wildman–Crippen MR) is 76.8 cm³/mol.